The lowest BCUT2D eigenvalue weighted by Crippen LogP contribution is -2.11. The summed E-state index contributed by atoms with van der Waals surface area (Å²) in [5.41, 5.74) is 9.61. The molecular weight excluding hydrogens is 469 g/mol. The van der Waals surface area contributed by atoms with Crippen molar-refractivity contribution in [3.63, 3.8) is 0 Å². The Hall–Kier alpha value is -3.32. The Morgan fingerprint density at radius 2 is 2.07 bits per heavy atom. The van der Waals surface area contributed by atoms with Crippen molar-refractivity contribution >= 4 is 39.9 Å². The van der Waals surface area contributed by atoms with Crippen molar-refractivity contribution in [3.8, 4) is 23.0 Å². The lowest BCUT2D eigenvalue weighted by atomic mass is 10.1. The summed E-state index contributed by atoms with van der Waals surface area (Å²) in [6.45, 7) is 0. The number of hydrogen-bond donors (Lipinski definition) is 1. The van der Waals surface area contributed by atoms with Crippen LogP contribution >= 0.6 is 22.6 Å². The third-order valence-electron chi connectivity index (χ3n) is 4.38. The van der Waals surface area contributed by atoms with Crippen LogP contribution in [0.15, 0.2) is 55.0 Å². The SMILES string of the molecule is COC(=O)c1c(N)c(C#N)cn1-c1cccc(-c2cn3cc(I)ccc3n2)c1. The zero-order valence-corrected chi connectivity index (χ0v) is 16.9. The van der Waals surface area contributed by atoms with Gasteiger partial charge in [0.15, 0.2) is 5.69 Å². The van der Waals surface area contributed by atoms with Gasteiger partial charge in [-0.25, -0.2) is 9.78 Å². The summed E-state index contributed by atoms with van der Waals surface area (Å²) in [6, 6.07) is 13.5. The number of aromatic nitrogens is 3. The fraction of sp³-hybridized carbons (Fsp3) is 0.0500. The number of anilines is 1. The van der Waals surface area contributed by atoms with E-state index in [1.54, 1.807) is 4.57 Å². The first-order valence-corrected chi connectivity index (χ1v) is 9.34. The lowest BCUT2D eigenvalue weighted by Gasteiger charge is -2.09. The second-order valence-corrected chi connectivity index (χ2v) is 7.31. The smallest absolute Gasteiger partial charge is 0.357 e. The molecule has 0 saturated heterocycles. The minimum absolute atomic E-state index is 0.0991. The van der Waals surface area contributed by atoms with E-state index < -0.39 is 5.97 Å². The number of esters is 1. The fourth-order valence-corrected chi connectivity index (χ4v) is 3.52. The molecule has 1 aromatic carbocycles. The van der Waals surface area contributed by atoms with Gasteiger partial charge in [0, 0.05) is 33.4 Å². The summed E-state index contributed by atoms with van der Waals surface area (Å²) in [4.78, 5) is 16.9. The number of nitriles is 1. The summed E-state index contributed by atoms with van der Waals surface area (Å²) in [7, 11) is 1.28. The van der Waals surface area contributed by atoms with Gasteiger partial charge in [0.1, 0.15) is 11.7 Å². The molecule has 0 aliphatic rings. The average Bonchev–Trinajstić information content (AvgIpc) is 3.28. The normalized spacial score (nSPS) is 10.8. The van der Waals surface area contributed by atoms with E-state index >= 15 is 0 Å². The van der Waals surface area contributed by atoms with Crippen LogP contribution in [0.25, 0.3) is 22.6 Å². The summed E-state index contributed by atoms with van der Waals surface area (Å²) < 4.78 is 9.48. The quantitative estimate of drug-likeness (QED) is 0.355. The molecule has 8 heteroatoms. The van der Waals surface area contributed by atoms with E-state index in [1.165, 1.54) is 13.3 Å². The molecule has 4 rings (SSSR count). The third-order valence-corrected chi connectivity index (χ3v) is 5.02. The largest absolute Gasteiger partial charge is 0.464 e. The Bertz CT molecular complexity index is 1270. The molecule has 2 N–H and O–H groups in total. The van der Waals surface area contributed by atoms with Gasteiger partial charge in [-0.1, -0.05) is 12.1 Å². The fourth-order valence-electron chi connectivity index (χ4n) is 3.04. The third kappa shape index (κ3) is 2.99. The molecule has 0 aliphatic heterocycles. The van der Waals surface area contributed by atoms with Crippen LogP contribution in [0.2, 0.25) is 0 Å². The van der Waals surface area contributed by atoms with E-state index in [9.17, 15) is 10.1 Å². The predicted octanol–water partition coefficient (Wildman–Crippen LogP) is 3.64. The first-order valence-electron chi connectivity index (χ1n) is 8.26. The average molecular weight is 483 g/mol. The zero-order valence-electron chi connectivity index (χ0n) is 14.8. The van der Waals surface area contributed by atoms with Gasteiger partial charge >= 0.3 is 5.97 Å². The molecule has 0 fully saturated rings. The van der Waals surface area contributed by atoms with Crippen molar-refractivity contribution in [2.45, 2.75) is 0 Å². The Labute approximate surface area is 174 Å². The van der Waals surface area contributed by atoms with Crippen LogP contribution in [0.3, 0.4) is 0 Å². The lowest BCUT2D eigenvalue weighted by molar-refractivity contribution is 0.0593. The summed E-state index contributed by atoms with van der Waals surface area (Å²) in [6.07, 6.45) is 5.48. The number of nitrogens with zero attached hydrogens (tertiary/aromatic N) is 4. The molecule has 4 aromatic rings. The van der Waals surface area contributed by atoms with E-state index in [2.05, 4.69) is 27.6 Å². The number of methoxy groups -OCH3 is 1. The highest BCUT2D eigenvalue weighted by atomic mass is 127. The van der Waals surface area contributed by atoms with Crippen molar-refractivity contribution in [2.24, 2.45) is 0 Å². The van der Waals surface area contributed by atoms with Crippen LogP contribution in [-0.2, 0) is 4.74 Å². The summed E-state index contributed by atoms with van der Waals surface area (Å²) >= 11 is 2.25. The van der Waals surface area contributed by atoms with Crippen LogP contribution in [-0.4, -0.2) is 27.0 Å². The van der Waals surface area contributed by atoms with Crippen molar-refractivity contribution < 1.29 is 9.53 Å². The van der Waals surface area contributed by atoms with E-state index in [0.29, 0.717) is 5.69 Å². The first kappa shape index (κ1) is 18.1. The number of ether oxygens (including phenoxy) is 1. The number of benzene rings is 1. The highest BCUT2D eigenvalue weighted by Crippen LogP contribution is 2.27. The molecule has 0 saturated carbocycles. The van der Waals surface area contributed by atoms with Gasteiger partial charge in [0.2, 0.25) is 0 Å². The maximum absolute atomic E-state index is 12.2. The molecule has 0 bridgehead atoms. The van der Waals surface area contributed by atoms with Gasteiger partial charge < -0.3 is 19.4 Å². The number of nitrogens with two attached hydrogens (primary N) is 1. The molecular formula is C20H14IN5O2. The molecule has 3 aromatic heterocycles. The molecule has 7 nitrogen and oxygen atoms in total. The van der Waals surface area contributed by atoms with E-state index in [-0.39, 0.29) is 16.9 Å². The molecule has 0 amide bonds. The number of hydrogen-bond acceptors (Lipinski definition) is 5. The highest BCUT2D eigenvalue weighted by molar-refractivity contribution is 14.1. The number of rotatable bonds is 3. The van der Waals surface area contributed by atoms with E-state index in [1.807, 2.05) is 59.3 Å². The standard InChI is InChI=1S/C20H14IN5O2/c1-28-20(27)19-18(23)13(8-22)9-26(19)15-4-2-3-12(7-15)16-11-25-10-14(21)5-6-17(25)24-16/h2-7,9-11H,23H2,1H3. The van der Waals surface area contributed by atoms with Gasteiger partial charge in [-0.3, -0.25) is 0 Å². The summed E-state index contributed by atoms with van der Waals surface area (Å²) in [5.74, 6) is -0.605. The number of carbonyl (C=O) groups is 1. The molecule has 0 spiro atoms. The Morgan fingerprint density at radius 3 is 2.82 bits per heavy atom. The number of fused-ring (bicyclic) bond motifs is 1. The van der Waals surface area contributed by atoms with Crippen LogP contribution in [0.4, 0.5) is 5.69 Å². The minimum Gasteiger partial charge on any atom is -0.464 e. The number of halogens is 1. The molecule has 0 radical (unpaired) electrons. The Kier molecular flexibility index (Phi) is 4.52. The molecule has 3 heterocycles. The van der Waals surface area contributed by atoms with Crippen molar-refractivity contribution in [2.75, 3.05) is 12.8 Å². The van der Waals surface area contributed by atoms with Crippen LogP contribution in [0.5, 0.6) is 0 Å². The van der Waals surface area contributed by atoms with Gasteiger partial charge in [-0.15, -0.1) is 0 Å². The maximum Gasteiger partial charge on any atom is 0.357 e. The second-order valence-electron chi connectivity index (χ2n) is 6.07. The minimum atomic E-state index is -0.605. The monoisotopic (exact) mass is 483 g/mol. The van der Waals surface area contributed by atoms with Crippen LogP contribution in [0, 0.1) is 14.9 Å². The van der Waals surface area contributed by atoms with E-state index in [4.69, 9.17) is 10.5 Å². The van der Waals surface area contributed by atoms with E-state index in [0.717, 1.165) is 20.5 Å². The van der Waals surface area contributed by atoms with Crippen molar-refractivity contribution in [1.29, 1.82) is 5.26 Å². The topological polar surface area (TPSA) is 98.3 Å². The van der Waals surface area contributed by atoms with Gasteiger partial charge in [0.05, 0.1) is 24.1 Å². The maximum atomic E-state index is 12.2. The van der Waals surface area contributed by atoms with Crippen LogP contribution < -0.4 is 5.73 Å². The van der Waals surface area contributed by atoms with Crippen molar-refractivity contribution in [3.05, 3.63) is 69.8 Å². The number of imidazole rings is 1. The number of nitrogen functional groups attached to an aromatic ring is 1. The van der Waals surface area contributed by atoms with Gasteiger partial charge in [-0.2, -0.15) is 5.26 Å². The molecule has 0 atom stereocenters. The first-order chi connectivity index (χ1) is 13.5. The predicted molar refractivity (Wildman–Crippen MR) is 113 cm³/mol. The molecule has 0 aliphatic carbocycles. The van der Waals surface area contributed by atoms with Crippen molar-refractivity contribution in [1.82, 2.24) is 14.0 Å². The highest BCUT2D eigenvalue weighted by Gasteiger charge is 2.22. The number of pyridine rings is 1. The Morgan fingerprint density at radius 1 is 1.25 bits per heavy atom. The summed E-state index contributed by atoms with van der Waals surface area (Å²) in [5, 5.41) is 9.28. The molecule has 138 valence electrons. The van der Waals surface area contributed by atoms with Gasteiger partial charge in [-0.05, 0) is 46.9 Å². The molecule has 28 heavy (non-hydrogen) atoms. The van der Waals surface area contributed by atoms with Crippen LogP contribution in [0.1, 0.15) is 16.1 Å². The molecule has 0 unspecified atom stereocenters. The van der Waals surface area contributed by atoms with Gasteiger partial charge in [0.25, 0.3) is 0 Å². The second kappa shape index (κ2) is 7.01. The Balaban J connectivity index is 1.85. The number of carbonyl (C=O) groups excluding carboxylic acids is 1. The zero-order chi connectivity index (χ0) is 19.8.